The average molecular weight is 533 g/mol. The number of nitrogens with zero attached hydrogens (tertiary/aromatic N) is 3. The molecule has 1 atom stereocenters. The zero-order valence-electron chi connectivity index (χ0n) is 19.8. The molecule has 3 N–H and O–H groups in total. The smallest absolute Gasteiger partial charge is 0.302 e. The molecule has 0 fully saturated rings. The molecular weight excluding hydrogens is 512 g/mol. The third kappa shape index (κ3) is 5.16. The first-order valence-corrected chi connectivity index (χ1v) is 12.0. The fraction of sp³-hybridized carbons (Fsp3) is 0.115. The number of oxazole rings is 1. The van der Waals surface area contributed by atoms with Crippen molar-refractivity contribution in [1.82, 2.24) is 15.3 Å². The molecule has 4 aromatic rings. The number of amides is 1. The number of ether oxygens (including phenoxy) is 1. The van der Waals surface area contributed by atoms with E-state index in [1.54, 1.807) is 31.2 Å². The highest BCUT2D eigenvalue weighted by molar-refractivity contribution is 7.80. The number of aliphatic imine (C=N–C) groups is 1. The molecule has 1 aliphatic heterocycles. The number of pyridine rings is 1. The number of benzene rings is 2. The monoisotopic (exact) mass is 532 g/mol. The van der Waals surface area contributed by atoms with Crippen LogP contribution in [0, 0.1) is 0 Å². The van der Waals surface area contributed by atoms with Crippen LogP contribution >= 0.6 is 23.8 Å². The summed E-state index contributed by atoms with van der Waals surface area (Å²) in [5, 5.41) is 9.74. The van der Waals surface area contributed by atoms with Crippen LogP contribution in [0.25, 0.3) is 11.1 Å². The van der Waals surface area contributed by atoms with Crippen molar-refractivity contribution in [3.63, 3.8) is 0 Å². The van der Waals surface area contributed by atoms with E-state index in [-0.39, 0.29) is 11.1 Å². The Balaban J connectivity index is 1.47. The highest BCUT2D eigenvalue weighted by Gasteiger charge is 2.31. The number of halogens is 1. The van der Waals surface area contributed by atoms with Crippen molar-refractivity contribution < 1.29 is 13.9 Å². The molecule has 1 aliphatic rings. The minimum atomic E-state index is -0.718. The maximum atomic E-state index is 13.5. The molecule has 0 radical (unpaired) electrons. The first-order chi connectivity index (χ1) is 17.9. The number of allylic oxidation sites excluding steroid dienone is 1. The fourth-order valence-corrected chi connectivity index (χ4v) is 4.24. The van der Waals surface area contributed by atoms with Gasteiger partial charge in [0.15, 0.2) is 5.58 Å². The van der Waals surface area contributed by atoms with E-state index in [4.69, 9.17) is 38.0 Å². The second kappa shape index (κ2) is 10.4. The van der Waals surface area contributed by atoms with Crippen LogP contribution in [-0.2, 0) is 9.53 Å². The lowest BCUT2D eigenvalue weighted by Crippen LogP contribution is -2.37. The quantitative estimate of drug-likeness (QED) is 0.300. The number of carbonyl (C=O) groups is 1. The summed E-state index contributed by atoms with van der Waals surface area (Å²) in [5.74, 6) is 0.281. The van der Waals surface area contributed by atoms with Crippen molar-refractivity contribution in [2.75, 3.05) is 17.7 Å². The number of methoxy groups -OCH3 is 1. The van der Waals surface area contributed by atoms with Gasteiger partial charge >= 0.3 is 6.01 Å². The Hall–Kier alpha value is -4.28. The Labute approximate surface area is 222 Å². The summed E-state index contributed by atoms with van der Waals surface area (Å²) in [7, 11) is 1.47. The van der Waals surface area contributed by atoms with Gasteiger partial charge in [-0.3, -0.25) is 10.1 Å². The van der Waals surface area contributed by atoms with Gasteiger partial charge in [-0.2, -0.15) is 4.98 Å². The standard InChI is InChI=1S/C26H21ClN6O3S/c1-14-21(23(34)31-20-13-7-11-18(29-20)24(37)35-2)22(15-8-3-4-9-16(15)27)32-25(28-14)33-26-30-17-10-5-6-12-19(17)36-26/h3-13,22H,1-2H3,(H,29,31,34)(H2,28,30,32,33). The highest BCUT2D eigenvalue weighted by atomic mass is 35.5. The van der Waals surface area contributed by atoms with Gasteiger partial charge in [0.05, 0.1) is 12.7 Å². The highest BCUT2D eigenvalue weighted by Crippen LogP contribution is 2.35. The molecule has 0 saturated carbocycles. The Bertz CT molecular complexity index is 1550. The summed E-state index contributed by atoms with van der Waals surface area (Å²) in [6, 6.07) is 19.3. The zero-order valence-corrected chi connectivity index (χ0v) is 21.4. The van der Waals surface area contributed by atoms with E-state index in [0.29, 0.717) is 50.4 Å². The molecule has 0 aliphatic carbocycles. The predicted molar refractivity (Wildman–Crippen MR) is 147 cm³/mol. The summed E-state index contributed by atoms with van der Waals surface area (Å²) in [4.78, 5) is 27.1. The van der Waals surface area contributed by atoms with Gasteiger partial charge in [-0.1, -0.05) is 48.0 Å². The number of hydrogen-bond donors (Lipinski definition) is 3. The van der Waals surface area contributed by atoms with Crippen molar-refractivity contribution in [1.29, 1.82) is 0 Å². The molecule has 0 spiro atoms. The van der Waals surface area contributed by atoms with Gasteiger partial charge in [0.1, 0.15) is 23.1 Å². The van der Waals surface area contributed by atoms with Crippen LogP contribution in [0.2, 0.25) is 5.02 Å². The van der Waals surface area contributed by atoms with Gasteiger partial charge < -0.3 is 19.8 Å². The van der Waals surface area contributed by atoms with Crippen molar-refractivity contribution in [2.45, 2.75) is 13.0 Å². The van der Waals surface area contributed by atoms with Crippen molar-refractivity contribution in [3.8, 4) is 0 Å². The molecular formula is C26H21ClN6O3S. The van der Waals surface area contributed by atoms with Gasteiger partial charge in [-0.25, -0.2) is 9.98 Å². The van der Waals surface area contributed by atoms with Gasteiger partial charge in [-0.05, 0) is 49.5 Å². The predicted octanol–water partition coefficient (Wildman–Crippen LogP) is 5.22. The van der Waals surface area contributed by atoms with E-state index in [9.17, 15) is 4.79 Å². The molecule has 0 bridgehead atoms. The fourth-order valence-electron chi connectivity index (χ4n) is 3.89. The van der Waals surface area contributed by atoms with Crippen LogP contribution < -0.4 is 16.0 Å². The molecule has 186 valence electrons. The minimum absolute atomic E-state index is 0.222. The maximum absolute atomic E-state index is 13.5. The Morgan fingerprint density at radius 3 is 2.65 bits per heavy atom. The normalized spacial score (nSPS) is 15.1. The lowest BCUT2D eigenvalue weighted by Gasteiger charge is -2.27. The molecule has 9 nitrogen and oxygen atoms in total. The van der Waals surface area contributed by atoms with E-state index < -0.39 is 11.9 Å². The lowest BCUT2D eigenvalue weighted by atomic mass is 9.95. The van der Waals surface area contributed by atoms with Crippen LogP contribution in [0.3, 0.4) is 0 Å². The summed E-state index contributed by atoms with van der Waals surface area (Å²) in [6.45, 7) is 1.78. The number of fused-ring (bicyclic) bond motifs is 1. The van der Waals surface area contributed by atoms with Crippen LogP contribution in [0.4, 0.5) is 11.8 Å². The van der Waals surface area contributed by atoms with E-state index in [1.165, 1.54) is 7.11 Å². The Morgan fingerprint density at radius 1 is 1.08 bits per heavy atom. The maximum Gasteiger partial charge on any atom is 0.302 e. The lowest BCUT2D eigenvalue weighted by molar-refractivity contribution is -0.113. The average Bonchev–Trinajstić information content (AvgIpc) is 3.30. The Morgan fingerprint density at radius 2 is 1.86 bits per heavy atom. The molecule has 2 aromatic heterocycles. The first-order valence-electron chi connectivity index (χ1n) is 11.2. The summed E-state index contributed by atoms with van der Waals surface area (Å²) >= 11 is 11.7. The number of thiocarbonyl (C=S) groups is 1. The SMILES string of the molecule is COC(=S)c1cccc(NC(=O)C2=C(C)NC(Nc3nc4ccccc4o3)=NC2c2ccccc2Cl)n1. The number of aromatic nitrogens is 2. The Kier molecular flexibility index (Phi) is 6.85. The third-order valence-corrected chi connectivity index (χ3v) is 6.31. The molecule has 11 heteroatoms. The van der Waals surface area contributed by atoms with Crippen LogP contribution in [0.1, 0.15) is 24.2 Å². The molecule has 5 rings (SSSR count). The van der Waals surface area contributed by atoms with Crippen molar-refractivity contribution >= 4 is 63.7 Å². The number of para-hydroxylation sites is 2. The number of nitrogens with one attached hydrogen (secondary N) is 3. The minimum Gasteiger partial charge on any atom is -0.485 e. The van der Waals surface area contributed by atoms with Crippen LogP contribution in [0.5, 0.6) is 0 Å². The topological polar surface area (TPSA) is 114 Å². The number of anilines is 2. The summed E-state index contributed by atoms with van der Waals surface area (Å²) in [5.41, 5.74) is 3.39. The van der Waals surface area contributed by atoms with E-state index in [2.05, 4.69) is 25.9 Å². The summed E-state index contributed by atoms with van der Waals surface area (Å²) in [6.07, 6.45) is 0. The van der Waals surface area contributed by atoms with Gasteiger partial charge in [0, 0.05) is 16.3 Å². The van der Waals surface area contributed by atoms with E-state index >= 15 is 0 Å². The zero-order chi connectivity index (χ0) is 25.9. The van der Waals surface area contributed by atoms with E-state index in [1.807, 2.05) is 42.5 Å². The van der Waals surface area contributed by atoms with Crippen molar-refractivity contribution in [3.05, 3.63) is 94.3 Å². The third-order valence-electron chi connectivity index (χ3n) is 5.59. The largest absolute Gasteiger partial charge is 0.485 e. The number of rotatable bonds is 5. The molecule has 2 aromatic carbocycles. The van der Waals surface area contributed by atoms with E-state index in [0.717, 1.165) is 0 Å². The van der Waals surface area contributed by atoms with Gasteiger partial charge in [0.2, 0.25) is 11.0 Å². The second-order valence-corrected chi connectivity index (χ2v) is 8.81. The van der Waals surface area contributed by atoms with Crippen LogP contribution in [-0.4, -0.2) is 34.0 Å². The molecule has 37 heavy (non-hydrogen) atoms. The number of guanidine groups is 1. The molecule has 1 amide bonds. The molecule has 3 heterocycles. The number of hydrogen-bond acceptors (Lipinski definition) is 9. The van der Waals surface area contributed by atoms with Crippen molar-refractivity contribution in [2.24, 2.45) is 4.99 Å². The summed E-state index contributed by atoms with van der Waals surface area (Å²) < 4.78 is 10.9. The second-order valence-electron chi connectivity index (χ2n) is 8.03. The molecule has 1 unspecified atom stereocenters. The van der Waals surface area contributed by atoms with Gasteiger partial charge in [0.25, 0.3) is 5.91 Å². The van der Waals surface area contributed by atoms with Crippen LogP contribution in [0.15, 0.2) is 87.4 Å². The van der Waals surface area contributed by atoms with Gasteiger partial charge in [-0.15, -0.1) is 0 Å². The molecule has 0 saturated heterocycles. The first kappa shape index (κ1) is 24.4. The number of carbonyl (C=O) groups excluding carboxylic acids is 1.